The lowest BCUT2D eigenvalue weighted by Gasteiger charge is -2.15. The molecule has 0 aliphatic heterocycles. The van der Waals surface area contributed by atoms with Gasteiger partial charge in [-0.3, -0.25) is 4.98 Å². The number of pyridine rings is 1. The minimum atomic E-state index is 0.376. The van der Waals surface area contributed by atoms with Gasteiger partial charge < -0.3 is 18.9 Å². The van der Waals surface area contributed by atoms with E-state index in [4.69, 9.17) is 18.9 Å². The second-order valence-corrected chi connectivity index (χ2v) is 8.13. The van der Waals surface area contributed by atoms with Crippen molar-refractivity contribution in [1.82, 2.24) is 4.98 Å². The monoisotopic (exact) mass is 433 g/mol. The van der Waals surface area contributed by atoms with Crippen LogP contribution in [-0.2, 0) is 0 Å². The van der Waals surface area contributed by atoms with Gasteiger partial charge in [-0.15, -0.1) is 0 Å². The summed E-state index contributed by atoms with van der Waals surface area (Å²) >= 11 is 0. The molecule has 0 aliphatic carbocycles. The van der Waals surface area contributed by atoms with Crippen LogP contribution in [0.3, 0.4) is 0 Å². The van der Waals surface area contributed by atoms with E-state index in [0.717, 1.165) is 27.8 Å². The third kappa shape index (κ3) is 5.61. The Morgan fingerprint density at radius 1 is 0.781 bits per heavy atom. The summed E-state index contributed by atoms with van der Waals surface area (Å²) in [7, 11) is 3.23. The van der Waals surface area contributed by atoms with Crippen molar-refractivity contribution < 1.29 is 18.9 Å². The maximum atomic E-state index is 5.84. The summed E-state index contributed by atoms with van der Waals surface area (Å²) in [6, 6.07) is 11.8. The predicted molar refractivity (Wildman–Crippen MR) is 129 cm³/mol. The predicted octanol–water partition coefficient (Wildman–Crippen LogP) is 7.02. The molecule has 168 valence electrons. The molecule has 0 radical (unpaired) electrons. The van der Waals surface area contributed by atoms with E-state index >= 15 is 0 Å². The molecule has 0 aliphatic rings. The van der Waals surface area contributed by atoms with Crippen molar-refractivity contribution in [3.05, 3.63) is 67.3 Å². The zero-order valence-electron chi connectivity index (χ0n) is 19.6. The van der Waals surface area contributed by atoms with Crippen molar-refractivity contribution in [2.45, 2.75) is 27.7 Å². The van der Waals surface area contributed by atoms with Crippen LogP contribution in [0.2, 0.25) is 0 Å². The van der Waals surface area contributed by atoms with Gasteiger partial charge in [-0.05, 0) is 65.8 Å². The van der Waals surface area contributed by atoms with Crippen LogP contribution in [0.5, 0.6) is 23.0 Å². The number of allylic oxidation sites excluding steroid dienone is 2. The van der Waals surface area contributed by atoms with Gasteiger partial charge in [-0.2, -0.15) is 0 Å². The first-order valence-corrected chi connectivity index (χ1v) is 10.7. The van der Waals surface area contributed by atoms with Crippen LogP contribution in [0.25, 0.3) is 22.0 Å². The molecule has 0 saturated heterocycles. The van der Waals surface area contributed by atoms with Crippen LogP contribution in [-0.4, -0.2) is 19.2 Å². The lowest BCUT2D eigenvalue weighted by Crippen LogP contribution is -1.97. The minimum Gasteiger partial charge on any atom is -0.493 e. The first-order valence-electron chi connectivity index (χ1n) is 10.7. The second-order valence-electron chi connectivity index (χ2n) is 8.13. The number of fused-ring (bicyclic) bond motifs is 1. The Bertz CT molecular complexity index is 1090. The summed E-state index contributed by atoms with van der Waals surface area (Å²) in [4.78, 5) is 4.64. The second kappa shape index (κ2) is 10.7. The quantitative estimate of drug-likeness (QED) is 0.340. The summed E-state index contributed by atoms with van der Waals surface area (Å²) in [6.45, 7) is 8.39. The van der Waals surface area contributed by atoms with Crippen LogP contribution in [0, 0.1) is 11.8 Å². The smallest absolute Gasteiger partial charge is 0.210 e. The Labute approximate surface area is 190 Å². The van der Waals surface area contributed by atoms with E-state index < -0.39 is 0 Å². The lowest BCUT2D eigenvalue weighted by molar-refractivity contribution is 0.345. The van der Waals surface area contributed by atoms with Crippen molar-refractivity contribution >= 4 is 10.8 Å². The molecule has 1 aromatic heterocycles. The summed E-state index contributed by atoms with van der Waals surface area (Å²) in [5.74, 6) is 3.27. The standard InChI is InChI=1S/C27H31NO4/c1-18(2)10-13-31-22-7-8-23-20(15-22)9-12-28-26(23)21-16-24(29-5)27(25(17-21)30-6)32-14-11-19(3)4/h7-19H,1-6H3. The van der Waals surface area contributed by atoms with Gasteiger partial charge in [-0.1, -0.05) is 27.7 Å². The Morgan fingerprint density at radius 3 is 2.00 bits per heavy atom. The van der Waals surface area contributed by atoms with E-state index in [0.29, 0.717) is 29.1 Å². The van der Waals surface area contributed by atoms with Crippen molar-refractivity contribution in [3.63, 3.8) is 0 Å². The van der Waals surface area contributed by atoms with Gasteiger partial charge in [-0.25, -0.2) is 0 Å². The van der Waals surface area contributed by atoms with Crippen LogP contribution in [0.15, 0.2) is 67.3 Å². The maximum Gasteiger partial charge on any atom is 0.210 e. The summed E-state index contributed by atoms with van der Waals surface area (Å²) in [5.41, 5.74) is 1.70. The number of rotatable bonds is 9. The average Bonchev–Trinajstić information content (AvgIpc) is 2.78. The van der Waals surface area contributed by atoms with Crippen molar-refractivity contribution in [2.75, 3.05) is 14.2 Å². The third-order valence-electron chi connectivity index (χ3n) is 4.79. The molecule has 3 aromatic rings. The summed E-state index contributed by atoms with van der Waals surface area (Å²) in [5, 5.41) is 2.04. The molecular formula is C27H31NO4. The molecular weight excluding hydrogens is 402 g/mol. The van der Waals surface area contributed by atoms with Gasteiger partial charge in [0.05, 0.1) is 32.4 Å². The zero-order chi connectivity index (χ0) is 23.1. The number of aromatic nitrogens is 1. The van der Waals surface area contributed by atoms with Crippen molar-refractivity contribution in [1.29, 1.82) is 0 Å². The molecule has 0 N–H and O–H groups in total. The molecule has 0 fully saturated rings. The number of benzene rings is 2. The Kier molecular flexibility index (Phi) is 7.77. The Balaban J connectivity index is 2.02. The van der Waals surface area contributed by atoms with Crippen LogP contribution < -0.4 is 18.9 Å². The van der Waals surface area contributed by atoms with Gasteiger partial charge in [0.15, 0.2) is 11.5 Å². The van der Waals surface area contributed by atoms with E-state index in [9.17, 15) is 0 Å². The number of hydrogen-bond donors (Lipinski definition) is 0. The normalized spacial score (nSPS) is 11.8. The molecule has 0 atom stereocenters. The molecule has 3 rings (SSSR count). The molecule has 0 bridgehead atoms. The van der Waals surface area contributed by atoms with Gasteiger partial charge in [0.25, 0.3) is 0 Å². The molecule has 1 heterocycles. The fraction of sp³-hybridized carbons (Fsp3) is 0.296. The minimum absolute atomic E-state index is 0.376. The molecule has 0 saturated carbocycles. The molecule has 0 unspecified atom stereocenters. The number of methoxy groups -OCH3 is 2. The summed E-state index contributed by atoms with van der Waals surface area (Å²) < 4.78 is 22.8. The number of ether oxygens (including phenoxy) is 4. The van der Waals surface area contributed by atoms with Gasteiger partial charge in [0, 0.05) is 17.1 Å². The fourth-order valence-electron chi connectivity index (χ4n) is 3.13. The molecule has 0 spiro atoms. The highest BCUT2D eigenvalue weighted by Gasteiger charge is 2.17. The Hall–Kier alpha value is -3.47. The first kappa shape index (κ1) is 23.2. The van der Waals surface area contributed by atoms with Gasteiger partial charge in [0.1, 0.15) is 5.75 Å². The largest absolute Gasteiger partial charge is 0.493 e. The highest BCUT2D eigenvalue weighted by Crippen LogP contribution is 2.42. The zero-order valence-corrected chi connectivity index (χ0v) is 19.6. The van der Waals surface area contributed by atoms with Crippen LogP contribution >= 0.6 is 0 Å². The SMILES string of the molecule is COc1cc(-c2nccc3cc(OC=CC(C)C)ccc23)cc(OC)c1OC=CC(C)C. The van der Waals surface area contributed by atoms with Crippen LogP contribution in [0.1, 0.15) is 27.7 Å². The molecule has 5 nitrogen and oxygen atoms in total. The van der Waals surface area contributed by atoms with E-state index in [1.165, 1.54) is 0 Å². The van der Waals surface area contributed by atoms with E-state index in [-0.39, 0.29) is 0 Å². The highest BCUT2D eigenvalue weighted by molar-refractivity contribution is 5.95. The van der Waals surface area contributed by atoms with E-state index in [1.54, 1.807) is 32.9 Å². The van der Waals surface area contributed by atoms with Gasteiger partial charge >= 0.3 is 0 Å². The molecule has 0 amide bonds. The van der Waals surface area contributed by atoms with Crippen molar-refractivity contribution in [3.8, 4) is 34.3 Å². The van der Waals surface area contributed by atoms with Crippen LogP contribution in [0.4, 0.5) is 0 Å². The highest BCUT2D eigenvalue weighted by atomic mass is 16.5. The molecule has 32 heavy (non-hydrogen) atoms. The first-order chi connectivity index (χ1) is 15.4. The topological polar surface area (TPSA) is 49.8 Å². The fourth-order valence-corrected chi connectivity index (χ4v) is 3.13. The molecule has 5 heteroatoms. The number of hydrogen-bond acceptors (Lipinski definition) is 5. The average molecular weight is 434 g/mol. The lowest BCUT2D eigenvalue weighted by atomic mass is 10.0. The number of nitrogens with zero attached hydrogens (tertiary/aromatic N) is 1. The third-order valence-corrected chi connectivity index (χ3v) is 4.79. The molecule has 2 aromatic carbocycles. The van der Waals surface area contributed by atoms with E-state index in [1.807, 2.05) is 48.6 Å². The van der Waals surface area contributed by atoms with Gasteiger partial charge in [0.2, 0.25) is 5.75 Å². The van der Waals surface area contributed by atoms with E-state index in [2.05, 4.69) is 32.7 Å². The summed E-state index contributed by atoms with van der Waals surface area (Å²) in [6.07, 6.45) is 9.17. The Morgan fingerprint density at radius 2 is 1.41 bits per heavy atom. The maximum absolute atomic E-state index is 5.84. The van der Waals surface area contributed by atoms with Crippen molar-refractivity contribution in [2.24, 2.45) is 11.8 Å².